The van der Waals surface area contributed by atoms with Crippen LogP contribution in [-0.2, 0) is 6.42 Å². The van der Waals surface area contributed by atoms with E-state index in [0.29, 0.717) is 6.61 Å². The number of hydrogen-bond acceptors (Lipinski definition) is 5. The van der Waals surface area contributed by atoms with Crippen LogP contribution in [-0.4, -0.2) is 18.7 Å². The lowest BCUT2D eigenvalue weighted by Gasteiger charge is -2.09. The summed E-state index contributed by atoms with van der Waals surface area (Å²) < 4.78 is 10.9. The Hall–Kier alpha value is -1.59. The Morgan fingerprint density at radius 2 is 2.05 bits per heavy atom. The largest absolute Gasteiger partial charge is 0.493 e. The molecule has 102 valence electrons. The number of nitrogens with two attached hydrogens (primary N) is 1. The van der Waals surface area contributed by atoms with Gasteiger partial charge in [0.05, 0.1) is 24.4 Å². The third-order valence-corrected chi connectivity index (χ3v) is 3.61. The number of para-hydroxylation sites is 2. The molecule has 0 bridgehead atoms. The summed E-state index contributed by atoms with van der Waals surface area (Å²) in [5.41, 5.74) is 6.72. The van der Waals surface area contributed by atoms with Crippen LogP contribution >= 0.6 is 11.3 Å². The van der Waals surface area contributed by atoms with Crippen molar-refractivity contribution in [2.45, 2.75) is 19.4 Å². The van der Waals surface area contributed by atoms with Gasteiger partial charge in [0, 0.05) is 17.8 Å². The summed E-state index contributed by atoms with van der Waals surface area (Å²) in [7, 11) is 1.64. The van der Waals surface area contributed by atoms with Gasteiger partial charge in [0.1, 0.15) is 0 Å². The van der Waals surface area contributed by atoms with Crippen molar-refractivity contribution in [3.63, 3.8) is 0 Å². The molecule has 0 spiro atoms. The van der Waals surface area contributed by atoms with Gasteiger partial charge in [0.15, 0.2) is 11.5 Å². The van der Waals surface area contributed by atoms with E-state index < -0.39 is 0 Å². The monoisotopic (exact) mass is 278 g/mol. The van der Waals surface area contributed by atoms with Gasteiger partial charge in [-0.3, -0.25) is 0 Å². The molecule has 0 aliphatic carbocycles. The average Bonchev–Trinajstić information content (AvgIpc) is 2.88. The van der Waals surface area contributed by atoms with Crippen LogP contribution in [0.2, 0.25) is 0 Å². The first-order valence-corrected chi connectivity index (χ1v) is 7.04. The minimum Gasteiger partial charge on any atom is -0.493 e. The van der Waals surface area contributed by atoms with Gasteiger partial charge in [-0.2, -0.15) is 0 Å². The zero-order valence-corrected chi connectivity index (χ0v) is 11.9. The fourth-order valence-electron chi connectivity index (χ4n) is 1.64. The van der Waals surface area contributed by atoms with Crippen LogP contribution in [0.1, 0.15) is 23.7 Å². The summed E-state index contributed by atoms with van der Waals surface area (Å²) in [5, 5.41) is 3.05. The standard InChI is InChI=1S/C14H18N2O2S/c1-10(15)11-9-19-14(16-11)7-8-18-13-6-4-3-5-12(13)17-2/h3-6,9-10H,7-8,15H2,1-2H3. The molecule has 5 heteroatoms. The second-order valence-corrected chi connectivity index (χ2v) is 5.15. The van der Waals surface area contributed by atoms with E-state index in [1.54, 1.807) is 18.4 Å². The Bertz CT molecular complexity index is 526. The van der Waals surface area contributed by atoms with E-state index in [4.69, 9.17) is 15.2 Å². The van der Waals surface area contributed by atoms with Gasteiger partial charge in [-0.15, -0.1) is 11.3 Å². The Morgan fingerprint density at radius 1 is 1.32 bits per heavy atom. The van der Waals surface area contributed by atoms with Crippen molar-refractivity contribution in [2.24, 2.45) is 5.73 Å². The molecular formula is C14H18N2O2S. The van der Waals surface area contributed by atoms with Gasteiger partial charge < -0.3 is 15.2 Å². The number of nitrogens with zero attached hydrogens (tertiary/aromatic N) is 1. The Kier molecular flexibility index (Phi) is 4.76. The van der Waals surface area contributed by atoms with E-state index >= 15 is 0 Å². The van der Waals surface area contributed by atoms with Crippen molar-refractivity contribution in [3.05, 3.63) is 40.3 Å². The summed E-state index contributed by atoms with van der Waals surface area (Å²) in [5.74, 6) is 1.51. The molecule has 1 heterocycles. The van der Waals surface area contributed by atoms with Crippen molar-refractivity contribution in [1.29, 1.82) is 0 Å². The number of aromatic nitrogens is 1. The minimum atomic E-state index is -0.0138. The molecule has 1 aromatic carbocycles. The molecule has 0 aliphatic rings. The van der Waals surface area contributed by atoms with E-state index in [1.807, 2.05) is 36.6 Å². The Labute approximate surface area is 117 Å². The Morgan fingerprint density at radius 3 is 2.68 bits per heavy atom. The molecule has 0 saturated carbocycles. The first kappa shape index (κ1) is 13.8. The van der Waals surface area contributed by atoms with Crippen LogP contribution in [0.4, 0.5) is 0 Å². The van der Waals surface area contributed by atoms with Crippen molar-refractivity contribution in [1.82, 2.24) is 4.98 Å². The van der Waals surface area contributed by atoms with Crippen molar-refractivity contribution >= 4 is 11.3 Å². The lowest BCUT2D eigenvalue weighted by atomic mass is 10.3. The number of benzene rings is 1. The van der Waals surface area contributed by atoms with E-state index in [0.717, 1.165) is 28.6 Å². The lowest BCUT2D eigenvalue weighted by Crippen LogP contribution is -2.06. The smallest absolute Gasteiger partial charge is 0.161 e. The van der Waals surface area contributed by atoms with Crippen LogP contribution in [0, 0.1) is 0 Å². The normalized spacial score (nSPS) is 12.2. The predicted octanol–water partition coefficient (Wildman–Crippen LogP) is 2.79. The number of methoxy groups -OCH3 is 1. The van der Waals surface area contributed by atoms with E-state index in [9.17, 15) is 0 Å². The molecule has 0 saturated heterocycles. The molecule has 2 rings (SSSR count). The molecule has 1 unspecified atom stereocenters. The second-order valence-electron chi connectivity index (χ2n) is 4.20. The van der Waals surface area contributed by atoms with E-state index in [1.165, 1.54) is 0 Å². The van der Waals surface area contributed by atoms with E-state index in [-0.39, 0.29) is 6.04 Å². The molecule has 0 fully saturated rings. The average molecular weight is 278 g/mol. The first-order chi connectivity index (χ1) is 9.20. The van der Waals surface area contributed by atoms with E-state index in [2.05, 4.69) is 4.98 Å². The van der Waals surface area contributed by atoms with Crippen LogP contribution in [0.15, 0.2) is 29.6 Å². The number of ether oxygens (including phenoxy) is 2. The SMILES string of the molecule is COc1ccccc1OCCc1nc(C(C)N)cs1. The predicted molar refractivity (Wildman–Crippen MR) is 76.9 cm³/mol. The Balaban J connectivity index is 1.89. The summed E-state index contributed by atoms with van der Waals surface area (Å²) in [4.78, 5) is 4.47. The van der Waals surface area contributed by atoms with Crippen molar-refractivity contribution < 1.29 is 9.47 Å². The van der Waals surface area contributed by atoms with Crippen LogP contribution in [0.25, 0.3) is 0 Å². The third kappa shape index (κ3) is 3.68. The highest BCUT2D eigenvalue weighted by Crippen LogP contribution is 2.26. The molecule has 1 atom stereocenters. The number of thiazole rings is 1. The van der Waals surface area contributed by atoms with Gasteiger partial charge in [-0.25, -0.2) is 4.98 Å². The topological polar surface area (TPSA) is 57.4 Å². The second kappa shape index (κ2) is 6.54. The number of rotatable bonds is 6. The molecular weight excluding hydrogens is 260 g/mol. The molecule has 0 aliphatic heterocycles. The highest BCUT2D eigenvalue weighted by molar-refractivity contribution is 7.09. The molecule has 0 amide bonds. The van der Waals surface area contributed by atoms with Crippen molar-refractivity contribution in [3.8, 4) is 11.5 Å². The van der Waals surface area contributed by atoms with Gasteiger partial charge >= 0.3 is 0 Å². The van der Waals surface area contributed by atoms with Crippen LogP contribution < -0.4 is 15.2 Å². The van der Waals surface area contributed by atoms with Gasteiger partial charge in [-0.05, 0) is 19.1 Å². The molecule has 2 aromatic rings. The third-order valence-electron chi connectivity index (χ3n) is 2.68. The van der Waals surface area contributed by atoms with Gasteiger partial charge in [-0.1, -0.05) is 12.1 Å². The zero-order valence-electron chi connectivity index (χ0n) is 11.1. The first-order valence-electron chi connectivity index (χ1n) is 6.16. The quantitative estimate of drug-likeness (QED) is 0.882. The maximum Gasteiger partial charge on any atom is 0.161 e. The summed E-state index contributed by atoms with van der Waals surface area (Å²) in [6.45, 7) is 2.51. The van der Waals surface area contributed by atoms with Crippen molar-refractivity contribution in [2.75, 3.05) is 13.7 Å². The van der Waals surface area contributed by atoms with Gasteiger partial charge in [0.25, 0.3) is 0 Å². The summed E-state index contributed by atoms with van der Waals surface area (Å²) in [6.07, 6.45) is 0.773. The molecule has 0 radical (unpaired) electrons. The highest BCUT2D eigenvalue weighted by atomic mass is 32.1. The summed E-state index contributed by atoms with van der Waals surface area (Å²) >= 11 is 1.62. The highest BCUT2D eigenvalue weighted by Gasteiger charge is 2.07. The molecule has 4 nitrogen and oxygen atoms in total. The van der Waals surface area contributed by atoms with Crippen LogP contribution in [0.5, 0.6) is 11.5 Å². The zero-order chi connectivity index (χ0) is 13.7. The maximum atomic E-state index is 5.78. The summed E-state index contributed by atoms with van der Waals surface area (Å²) in [6, 6.07) is 7.61. The number of hydrogen-bond donors (Lipinski definition) is 1. The molecule has 19 heavy (non-hydrogen) atoms. The minimum absolute atomic E-state index is 0.0138. The lowest BCUT2D eigenvalue weighted by molar-refractivity contribution is 0.297. The fourth-order valence-corrected chi connectivity index (χ4v) is 2.52. The fraction of sp³-hybridized carbons (Fsp3) is 0.357. The van der Waals surface area contributed by atoms with Crippen LogP contribution in [0.3, 0.4) is 0 Å². The molecule has 2 N–H and O–H groups in total. The maximum absolute atomic E-state index is 5.78. The van der Waals surface area contributed by atoms with Gasteiger partial charge in [0.2, 0.25) is 0 Å². The molecule has 1 aromatic heterocycles.